The number of carbonyl (C=O) groups excluding carboxylic acids is 2. The summed E-state index contributed by atoms with van der Waals surface area (Å²) in [6.45, 7) is 1.06. The number of nitrogens with zero attached hydrogens (tertiary/aromatic N) is 1. The second-order valence-corrected chi connectivity index (χ2v) is 5.77. The molecule has 3 amide bonds. The molecule has 6 nitrogen and oxygen atoms in total. The fourth-order valence-electron chi connectivity index (χ4n) is 1.93. The first-order valence-corrected chi connectivity index (χ1v) is 7.52. The van der Waals surface area contributed by atoms with Gasteiger partial charge in [0.25, 0.3) is 0 Å². The van der Waals surface area contributed by atoms with E-state index in [1.54, 1.807) is 11.3 Å². The summed E-state index contributed by atoms with van der Waals surface area (Å²) in [6.07, 6.45) is 2.11. The van der Waals surface area contributed by atoms with Crippen molar-refractivity contribution in [2.75, 3.05) is 19.7 Å². The molecule has 1 heterocycles. The van der Waals surface area contributed by atoms with Crippen LogP contribution in [0.15, 0.2) is 17.5 Å². The van der Waals surface area contributed by atoms with Gasteiger partial charge in [0.15, 0.2) is 0 Å². The van der Waals surface area contributed by atoms with Gasteiger partial charge in [-0.05, 0) is 24.3 Å². The quantitative estimate of drug-likeness (QED) is 0.686. The number of nitrogens with one attached hydrogen (secondary N) is 2. The van der Waals surface area contributed by atoms with Gasteiger partial charge in [0.1, 0.15) is 0 Å². The van der Waals surface area contributed by atoms with E-state index in [0.717, 1.165) is 17.7 Å². The summed E-state index contributed by atoms with van der Waals surface area (Å²) in [6, 6.07) is 3.72. The average Bonchev–Trinajstić information content (AvgIpc) is 3.12. The van der Waals surface area contributed by atoms with Crippen molar-refractivity contribution in [3.8, 4) is 0 Å². The zero-order valence-corrected chi connectivity index (χ0v) is 12.0. The fraction of sp³-hybridized carbons (Fsp3) is 0.538. The molecule has 7 heteroatoms. The highest BCUT2D eigenvalue weighted by molar-refractivity contribution is 7.09. The van der Waals surface area contributed by atoms with Crippen molar-refractivity contribution in [1.82, 2.24) is 15.5 Å². The minimum atomic E-state index is -0.483. The van der Waals surface area contributed by atoms with Crippen LogP contribution in [0.5, 0.6) is 0 Å². The molecule has 1 aliphatic carbocycles. The van der Waals surface area contributed by atoms with E-state index in [1.807, 2.05) is 22.4 Å². The highest BCUT2D eigenvalue weighted by atomic mass is 32.1. The second-order valence-electron chi connectivity index (χ2n) is 4.74. The molecule has 1 saturated carbocycles. The van der Waals surface area contributed by atoms with Crippen molar-refractivity contribution < 1.29 is 14.7 Å². The summed E-state index contributed by atoms with van der Waals surface area (Å²) < 4.78 is 0. The van der Waals surface area contributed by atoms with Gasteiger partial charge in [0.2, 0.25) is 5.91 Å². The summed E-state index contributed by atoms with van der Waals surface area (Å²) in [4.78, 5) is 26.2. The van der Waals surface area contributed by atoms with E-state index in [2.05, 4.69) is 10.6 Å². The van der Waals surface area contributed by atoms with Crippen LogP contribution in [0, 0.1) is 0 Å². The van der Waals surface area contributed by atoms with Crippen LogP contribution in [0.3, 0.4) is 0 Å². The van der Waals surface area contributed by atoms with Crippen LogP contribution < -0.4 is 10.6 Å². The molecule has 0 aromatic carbocycles. The minimum absolute atomic E-state index is 0.0222. The molecule has 0 saturated heterocycles. The van der Waals surface area contributed by atoms with E-state index in [1.165, 1.54) is 0 Å². The third-order valence-electron chi connectivity index (χ3n) is 3.05. The number of thiophene rings is 1. The zero-order valence-electron chi connectivity index (χ0n) is 11.2. The molecule has 1 aliphatic rings. The lowest BCUT2D eigenvalue weighted by Crippen LogP contribution is -2.45. The van der Waals surface area contributed by atoms with Gasteiger partial charge < -0.3 is 10.4 Å². The molecule has 0 aliphatic heterocycles. The lowest BCUT2D eigenvalue weighted by atomic mass is 10.4. The third-order valence-corrected chi connectivity index (χ3v) is 3.93. The third kappa shape index (κ3) is 4.92. The first-order valence-electron chi connectivity index (χ1n) is 6.64. The number of hydrogen-bond acceptors (Lipinski definition) is 5. The van der Waals surface area contributed by atoms with Crippen LogP contribution in [-0.2, 0) is 11.3 Å². The number of aliphatic hydroxyl groups excluding tert-OH is 1. The Bertz CT molecular complexity index is 446. The van der Waals surface area contributed by atoms with Gasteiger partial charge in [0, 0.05) is 17.5 Å². The van der Waals surface area contributed by atoms with E-state index < -0.39 is 6.03 Å². The summed E-state index contributed by atoms with van der Waals surface area (Å²) in [7, 11) is 0. The summed E-state index contributed by atoms with van der Waals surface area (Å²) in [5.41, 5.74) is 0. The number of amides is 3. The van der Waals surface area contributed by atoms with Crippen LogP contribution in [0.4, 0.5) is 4.79 Å². The lowest BCUT2D eigenvalue weighted by molar-refractivity contribution is -0.121. The summed E-state index contributed by atoms with van der Waals surface area (Å²) in [5.74, 6) is -0.339. The number of carbonyl (C=O) groups is 2. The van der Waals surface area contributed by atoms with E-state index >= 15 is 0 Å². The maximum atomic E-state index is 11.7. The molecule has 0 bridgehead atoms. The van der Waals surface area contributed by atoms with Crippen molar-refractivity contribution >= 4 is 23.3 Å². The van der Waals surface area contributed by atoms with Crippen LogP contribution in [0.2, 0.25) is 0 Å². The Hall–Kier alpha value is -1.44. The molecule has 3 N–H and O–H groups in total. The molecule has 0 atom stereocenters. The normalized spacial score (nSPS) is 14.3. The first kappa shape index (κ1) is 15.0. The topological polar surface area (TPSA) is 81.7 Å². The first-order chi connectivity index (χ1) is 9.69. The van der Waals surface area contributed by atoms with Crippen LogP contribution >= 0.6 is 11.3 Å². The van der Waals surface area contributed by atoms with E-state index in [4.69, 9.17) is 5.11 Å². The molecule has 2 rings (SSSR count). The van der Waals surface area contributed by atoms with Crippen LogP contribution in [0.1, 0.15) is 17.7 Å². The standard InChI is InChI=1S/C13H19N3O3S/c17-6-5-16(10-3-4-10)9-12(18)15-13(19)14-8-11-2-1-7-20-11/h1-2,7,10,17H,3-6,8-9H2,(H2,14,15,18,19). The van der Waals surface area contributed by atoms with Crippen molar-refractivity contribution in [2.24, 2.45) is 0 Å². The molecule has 1 aromatic heterocycles. The highest BCUT2D eigenvalue weighted by Crippen LogP contribution is 2.25. The molecule has 110 valence electrons. The Morgan fingerprint density at radius 1 is 1.45 bits per heavy atom. The molecule has 0 unspecified atom stereocenters. The van der Waals surface area contributed by atoms with Crippen molar-refractivity contribution in [2.45, 2.75) is 25.4 Å². The number of urea groups is 1. The predicted octanol–water partition coefficient (Wildman–Crippen LogP) is 0.531. The monoisotopic (exact) mass is 297 g/mol. The molecule has 1 aromatic rings. The predicted molar refractivity (Wildman–Crippen MR) is 76.4 cm³/mol. The van der Waals surface area contributed by atoms with Crippen molar-refractivity contribution in [3.63, 3.8) is 0 Å². The number of aliphatic hydroxyl groups is 1. The summed E-state index contributed by atoms with van der Waals surface area (Å²) in [5, 5.41) is 15.8. The number of hydrogen-bond donors (Lipinski definition) is 3. The van der Waals surface area contributed by atoms with Gasteiger partial charge in [-0.3, -0.25) is 15.0 Å². The van der Waals surface area contributed by atoms with Gasteiger partial charge >= 0.3 is 6.03 Å². The lowest BCUT2D eigenvalue weighted by Gasteiger charge is -2.19. The Kier molecular flexibility index (Phi) is 5.51. The Morgan fingerprint density at radius 3 is 2.85 bits per heavy atom. The number of imide groups is 1. The molecule has 0 radical (unpaired) electrons. The minimum Gasteiger partial charge on any atom is -0.395 e. The molecular formula is C13H19N3O3S. The van der Waals surface area contributed by atoms with Gasteiger partial charge in [-0.25, -0.2) is 4.79 Å². The molecular weight excluding hydrogens is 278 g/mol. The molecule has 1 fully saturated rings. The highest BCUT2D eigenvalue weighted by Gasteiger charge is 2.29. The van der Waals surface area contributed by atoms with Gasteiger partial charge in [-0.15, -0.1) is 11.3 Å². The van der Waals surface area contributed by atoms with Crippen LogP contribution in [0.25, 0.3) is 0 Å². The van der Waals surface area contributed by atoms with Crippen LogP contribution in [-0.4, -0.2) is 47.7 Å². The van der Waals surface area contributed by atoms with Crippen molar-refractivity contribution in [1.29, 1.82) is 0 Å². The van der Waals surface area contributed by atoms with E-state index in [-0.39, 0.29) is 19.1 Å². The molecule has 20 heavy (non-hydrogen) atoms. The molecule has 0 spiro atoms. The van der Waals surface area contributed by atoms with Gasteiger partial charge in [-0.2, -0.15) is 0 Å². The van der Waals surface area contributed by atoms with E-state index in [0.29, 0.717) is 19.1 Å². The van der Waals surface area contributed by atoms with Gasteiger partial charge in [-0.1, -0.05) is 6.07 Å². The van der Waals surface area contributed by atoms with E-state index in [9.17, 15) is 9.59 Å². The largest absolute Gasteiger partial charge is 0.395 e. The Morgan fingerprint density at radius 2 is 2.25 bits per heavy atom. The zero-order chi connectivity index (χ0) is 14.4. The maximum Gasteiger partial charge on any atom is 0.321 e. The fourth-order valence-corrected chi connectivity index (χ4v) is 2.58. The number of rotatable bonds is 7. The Labute approximate surface area is 121 Å². The maximum absolute atomic E-state index is 11.7. The Balaban J connectivity index is 1.68. The van der Waals surface area contributed by atoms with Crippen molar-refractivity contribution in [3.05, 3.63) is 22.4 Å². The SMILES string of the molecule is O=C(CN(CCO)C1CC1)NC(=O)NCc1cccs1. The second kappa shape index (κ2) is 7.37. The smallest absolute Gasteiger partial charge is 0.321 e. The average molecular weight is 297 g/mol. The summed E-state index contributed by atoms with van der Waals surface area (Å²) >= 11 is 1.55. The van der Waals surface area contributed by atoms with Gasteiger partial charge in [0.05, 0.1) is 19.7 Å².